The lowest BCUT2D eigenvalue weighted by molar-refractivity contribution is -0.126. The molecular formula is C32H30N2O4. The van der Waals surface area contributed by atoms with Gasteiger partial charge in [0.25, 0.3) is 11.8 Å². The zero-order valence-corrected chi connectivity index (χ0v) is 22.1. The number of unbranched alkanes of at least 4 members (excludes halogenated alkanes) is 1. The van der Waals surface area contributed by atoms with Crippen LogP contribution in [0.1, 0.15) is 63.7 Å². The Balaban J connectivity index is 1.64. The quantitative estimate of drug-likeness (QED) is 0.345. The maximum absolute atomic E-state index is 14.7. The number of amides is 2. The van der Waals surface area contributed by atoms with Crippen LogP contribution in [-0.2, 0) is 16.9 Å². The van der Waals surface area contributed by atoms with Crippen molar-refractivity contribution in [2.45, 2.75) is 52.6 Å². The van der Waals surface area contributed by atoms with E-state index < -0.39 is 11.4 Å². The Morgan fingerprint density at radius 3 is 2.34 bits per heavy atom. The Morgan fingerprint density at radius 2 is 1.61 bits per heavy atom. The van der Waals surface area contributed by atoms with Crippen molar-refractivity contribution in [2.75, 3.05) is 11.4 Å². The van der Waals surface area contributed by atoms with Gasteiger partial charge in [-0.2, -0.15) is 0 Å². The van der Waals surface area contributed by atoms with Crippen molar-refractivity contribution in [3.8, 4) is 0 Å². The lowest BCUT2D eigenvalue weighted by atomic mass is 9.83. The Kier molecular flexibility index (Phi) is 5.53. The van der Waals surface area contributed by atoms with Gasteiger partial charge in [0.05, 0.1) is 23.2 Å². The standard InChI is InChI=1S/C32H30N2O4/c1-5-6-15-34-30(36)29-27(28(35)23-16-20(3)21(4)17-26(23)38-29)32(34)24-9-7-8-10-25(24)33(31(32)37)18-22-13-11-19(2)12-14-22/h7-14,16-17H,5-6,15,18H2,1-4H3. The highest BCUT2D eigenvalue weighted by Gasteiger charge is 2.64. The first-order valence-corrected chi connectivity index (χ1v) is 13.2. The van der Waals surface area contributed by atoms with E-state index in [1.54, 1.807) is 21.9 Å². The van der Waals surface area contributed by atoms with Crippen molar-refractivity contribution in [2.24, 2.45) is 0 Å². The maximum Gasteiger partial charge on any atom is 0.291 e. The molecule has 2 amide bonds. The molecule has 0 radical (unpaired) electrons. The molecule has 0 aliphatic carbocycles. The third-order valence-electron chi connectivity index (χ3n) is 8.05. The van der Waals surface area contributed by atoms with Gasteiger partial charge in [0.15, 0.2) is 11.0 Å². The molecule has 4 aromatic rings. The van der Waals surface area contributed by atoms with Gasteiger partial charge < -0.3 is 14.2 Å². The fourth-order valence-electron chi connectivity index (χ4n) is 5.90. The molecule has 38 heavy (non-hydrogen) atoms. The number of carbonyl (C=O) groups excluding carboxylic acids is 2. The fraction of sp³-hybridized carbons (Fsp3) is 0.281. The Labute approximate surface area is 221 Å². The van der Waals surface area contributed by atoms with Crippen molar-refractivity contribution < 1.29 is 14.0 Å². The third-order valence-corrected chi connectivity index (χ3v) is 8.05. The number of anilines is 1. The molecule has 0 bridgehead atoms. The van der Waals surface area contributed by atoms with Crippen molar-refractivity contribution in [1.29, 1.82) is 0 Å². The van der Waals surface area contributed by atoms with Crippen LogP contribution in [0, 0.1) is 20.8 Å². The first-order chi connectivity index (χ1) is 18.3. The molecule has 0 N–H and O–H groups in total. The van der Waals surface area contributed by atoms with Crippen molar-refractivity contribution in [3.63, 3.8) is 0 Å². The third kappa shape index (κ3) is 3.22. The van der Waals surface area contributed by atoms with Crippen LogP contribution < -0.4 is 10.3 Å². The highest BCUT2D eigenvalue weighted by Crippen LogP contribution is 2.53. The van der Waals surface area contributed by atoms with Gasteiger partial charge in [0, 0.05) is 12.1 Å². The summed E-state index contributed by atoms with van der Waals surface area (Å²) in [7, 11) is 0. The Hall–Kier alpha value is -4.19. The number of hydrogen-bond acceptors (Lipinski definition) is 4. The smallest absolute Gasteiger partial charge is 0.291 e. The van der Waals surface area contributed by atoms with E-state index >= 15 is 0 Å². The summed E-state index contributed by atoms with van der Waals surface area (Å²) in [6, 6.07) is 19.2. The van der Waals surface area contributed by atoms with Gasteiger partial charge in [-0.15, -0.1) is 0 Å². The molecule has 2 aliphatic heterocycles. The number of rotatable bonds is 5. The average molecular weight is 507 g/mol. The molecule has 2 aliphatic rings. The lowest BCUT2D eigenvalue weighted by Gasteiger charge is -2.34. The number of aryl methyl sites for hydroxylation is 3. The highest BCUT2D eigenvalue weighted by atomic mass is 16.3. The largest absolute Gasteiger partial charge is 0.450 e. The van der Waals surface area contributed by atoms with Crippen LogP contribution in [0.15, 0.2) is 69.9 Å². The van der Waals surface area contributed by atoms with Crippen LogP contribution in [-0.4, -0.2) is 23.3 Å². The molecule has 1 unspecified atom stereocenters. The molecule has 1 aromatic heterocycles. The first kappa shape index (κ1) is 24.2. The van der Waals surface area contributed by atoms with E-state index in [0.717, 1.165) is 28.7 Å². The maximum atomic E-state index is 14.7. The van der Waals surface area contributed by atoms with Crippen molar-refractivity contribution >= 4 is 28.5 Å². The average Bonchev–Trinajstić information content (AvgIpc) is 3.30. The number of nitrogens with zero attached hydrogens (tertiary/aromatic N) is 2. The summed E-state index contributed by atoms with van der Waals surface area (Å²) in [5.41, 5.74) is 4.00. The first-order valence-electron chi connectivity index (χ1n) is 13.2. The SMILES string of the molecule is CCCCN1C(=O)c2oc3cc(C)c(C)cc3c(=O)c2C12C(=O)N(Cc1ccc(C)cc1)c1ccccc12. The van der Waals surface area contributed by atoms with Crippen LogP contribution in [0.25, 0.3) is 11.0 Å². The van der Waals surface area contributed by atoms with E-state index in [-0.39, 0.29) is 22.7 Å². The van der Waals surface area contributed by atoms with E-state index in [2.05, 4.69) is 0 Å². The van der Waals surface area contributed by atoms with Gasteiger partial charge in [-0.1, -0.05) is 61.4 Å². The number of fused-ring (bicyclic) bond motifs is 5. The van der Waals surface area contributed by atoms with Crippen LogP contribution in [0.3, 0.4) is 0 Å². The summed E-state index contributed by atoms with van der Waals surface area (Å²) >= 11 is 0. The fourth-order valence-corrected chi connectivity index (χ4v) is 5.90. The monoisotopic (exact) mass is 506 g/mol. The second-order valence-corrected chi connectivity index (χ2v) is 10.5. The van der Waals surface area contributed by atoms with Crippen LogP contribution in [0.4, 0.5) is 5.69 Å². The Bertz CT molecular complexity index is 1680. The minimum absolute atomic E-state index is 0.0257. The van der Waals surface area contributed by atoms with Crippen LogP contribution >= 0.6 is 0 Å². The summed E-state index contributed by atoms with van der Waals surface area (Å²) in [4.78, 5) is 46.2. The van der Waals surface area contributed by atoms with Gasteiger partial charge in [0.2, 0.25) is 5.76 Å². The molecule has 6 heteroatoms. The predicted molar refractivity (Wildman–Crippen MR) is 147 cm³/mol. The molecule has 0 saturated heterocycles. The van der Waals surface area contributed by atoms with Crippen molar-refractivity contribution in [1.82, 2.24) is 4.90 Å². The summed E-state index contributed by atoms with van der Waals surface area (Å²) < 4.78 is 6.20. The molecule has 0 saturated carbocycles. The van der Waals surface area contributed by atoms with E-state index in [4.69, 9.17) is 4.42 Å². The van der Waals surface area contributed by atoms with E-state index in [1.807, 2.05) is 76.2 Å². The van der Waals surface area contributed by atoms with E-state index in [9.17, 15) is 14.4 Å². The van der Waals surface area contributed by atoms with Crippen molar-refractivity contribution in [3.05, 3.63) is 110 Å². The molecule has 6 nitrogen and oxygen atoms in total. The zero-order valence-electron chi connectivity index (χ0n) is 22.1. The highest BCUT2D eigenvalue weighted by molar-refractivity contribution is 6.17. The van der Waals surface area contributed by atoms with Gasteiger partial charge >= 0.3 is 0 Å². The molecule has 192 valence electrons. The van der Waals surface area contributed by atoms with Gasteiger partial charge in [-0.05, 0) is 62.1 Å². The number of para-hydroxylation sites is 1. The molecule has 0 fully saturated rings. The summed E-state index contributed by atoms with van der Waals surface area (Å²) in [5, 5.41) is 0.388. The normalized spacial score (nSPS) is 18.1. The number of carbonyl (C=O) groups is 2. The number of hydrogen-bond donors (Lipinski definition) is 0. The minimum atomic E-state index is -1.56. The van der Waals surface area contributed by atoms with E-state index in [1.165, 1.54) is 0 Å². The van der Waals surface area contributed by atoms with E-state index in [0.29, 0.717) is 41.7 Å². The van der Waals surface area contributed by atoms with Gasteiger partial charge in [-0.3, -0.25) is 14.4 Å². The van der Waals surface area contributed by atoms with Crippen LogP contribution in [0.2, 0.25) is 0 Å². The second-order valence-electron chi connectivity index (χ2n) is 10.5. The second kappa shape index (κ2) is 8.69. The zero-order chi connectivity index (χ0) is 26.8. The predicted octanol–water partition coefficient (Wildman–Crippen LogP) is 5.76. The summed E-state index contributed by atoms with van der Waals surface area (Å²) in [6.45, 7) is 8.62. The molecule has 1 spiro atoms. The molecule has 6 rings (SSSR count). The molecule has 3 heterocycles. The lowest BCUT2D eigenvalue weighted by Crippen LogP contribution is -2.53. The molecule has 1 atom stereocenters. The topological polar surface area (TPSA) is 70.8 Å². The summed E-state index contributed by atoms with van der Waals surface area (Å²) in [5.74, 6) is -0.730. The molecular weight excluding hydrogens is 476 g/mol. The van der Waals surface area contributed by atoms with Gasteiger partial charge in [0.1, 0.15) is 5.58 Å². The number of benzene rings is 3. The minimum Gasteiger partial charge on any atom is -0.450 e. The van der Waals surface area contributed by atoms with Gasteiger partial charge in [-0.25, -0.2) is 0 Å². The van der Waals surface area contributed by atoms with Crippen LogP contribution in [0.5, 0.6) is 0 Å². The molecule has 3 aromatic carbocycles. The summed E-state index contributed by atoms with van der Waals surface area (Å²) in [6.07, 6.45) is 1.53. The Morgan fingerprint density at radius 1 is 0.895 bits per heavy atom.